The molecule has 5 aliphatic rings. The van der Waals surface area contributed by atoms with Crippen molar-refractivity contribution in [2.24, 2.45) is 33.5 Å². The lowest BCUT2D eigenvalue weighted by Gasteiger charge is -2.70. The molecule has 10 atom stereocenters. The first-order valence-corrected chi connectivity index (χ1v) is 13.1. The number of hydrogen-bond donors (Lipinski definition) is 1. The molecular weight excluding hydrogens is 448 g/mol. The number of esters is 2. The van der Waals surface area contributed by atoms with Crippen LogP contribution in [0, 0.1) is 33.5 Å². The number of rotatable bonds is 2. The van der Waals surface area contributed by atoms with Crippen LogP contribution in [0.5, 0.6) is 0 Å². The highest BCUT2D eigenvalue weighted by molar-refractivity contribution is 5.82. The van der Waals surface area contributed by atoms with Gasteiger partial charge in [0, 0.05) is 23.3 Å². The monoisotopic (exact) mass is 486 g/mol. The Balaban J connectivity index is 1.53. The van der Waals surface area contributed by atoms with Gasteiger partial charge in [0.15, 0.2) is 6.10 Å². The Morgan fingerprint density at radius 2 is 1.83 bits per heavy atom. The number of carbonyl (C=O) groups is 2. The van der Waals surface area contributed by atoms with Crippen LogP contribution in [0.1, 0.15) is 85.3 Å². The summed E-state index contributed by atoms with van der Waals surface area (Å²) in [7, 11) is 0. The molecule has 192 valence electrons. The molecule has 3 saturated carbocycles. The molecule has 1 unspecified atom stereocenters. The molecular formula is C28H38O7. The van der Waals surface area contributed by atoms with E-state index in [1.807, 2.05) is 6.07 Å². The Morgan fingerprint density at radius 3 is 2.49 bits per heavy atom. The molecule has 3 aliphatic carbocycles. The molecule has 2 saturated heterocycles. The Bertz CT molecular complexity index is 1060. The summed E-state index contributed by atoms with van der Waals surface area (Å²) in [4.78, 5) is 25.7. The van der Waals surface area contributed by atoms with Gasteiger partial charge in [-0.3, -0.25) is 4.79 Å². The van der Waals surface area contributed by atoms with Crippen LogP contribution in [-0.4, -0.2) is 41.0 Å². The van der Waals surface area contributed by atoms with E-state index in [0.29, 0.717) is 6.42 Å². The fourth-order valence-corrected chi connectivity index (χ4v) is 9.88. The second kappa shape index (κ2) is 6.91. The minimum atomic E-state index is -0.797. The van der Waals surface area contributed by atoms with Gasteiger partial charge < -0.3 is 23.7 Å². The lowest BCUT2D eigenvalue weighted by Crippen LogP contribution is -2.73. The fraction of sp³-hybridized carbons (Fsp3) is 0.786. The summed E-state index contributed by atoms with van der Waals surface area (Å²) in [6, 6.07) is 1.86. The van der Waals surface area contributed by atoms with Gasteiger partial charge in [0.1, 0.15) is 17.8 Å². The molecule has 5 fully saturated rings. The summed E-state index contributed by atoms with van der Waals surface area (Å²) >= 11 is 0. The Hall–Kier alpha value is -1.86. The van der Waals surface area contributed by atoms with Crippen molar-refractivity contribution in [2.45, 2.75) is 104 Å². The van der Waals surface area contributed by atoms with Gasteiger partial charge in [-0.2, -0.15) is 0 Å². The molecule has 7 nitrogen and oxygen atoms in total. The Morgan fingerprint density at radius 1 is 1.09 bits per heavy atom. The quantitative estimate of drug-likeness (QED) is 0.483. The maximum atomic E-state index is 13.3. The smallest absolute Gasteiger partial charge is 0.339 e. The molecule has 35 heavy (non-hydrogen) atoms. The summed E-state index contributed by atoms with van der Waals surface area (Å²) < 4.78 is 24.1. The third-order valence-electron chi connectivity index (χ3n) is 11.5. The van der Waals surface area contributed by atoms with Crippen molar-refractivity contribution in [1.82, 2.24) is 0 Å². The van der Waals surface area contributed by atoms with Crippen molar-refractivity contribution >= 4 is 11.9 Å². The number of aliphatic hydroxyl groups excluding tert-OH is 1. The van der Waals surface area contributed by atoms with Crippen LogP contribution in [0.15, 0.2) is 23.0 Å². The maximum absolute atomic E-state index is 13.3. The van der Waals surface area contributed by atoms with Crippen LogP contribution in [0.2, 0.25) is 0 Å². The van der Waals surface area contributed by atoms with Crippen molar-refractivity contribution < 1.29 is 33.3 Å². The largest absolute Gasteiger partial charge is 0.472 e. The number of fused-ring (bicyclic) bond motifs is 3. The maximum Gasteiger partial charge on any atom is 0.339 e. The zero-order chi connectivity index (χ0) is 25.2. The van der Waals surface area contributed by atoms with Gasteiger partial charge in [0.25, 0.3) is 0 Å². The minimum Gasteiger partial charge on any atom is -0.472 e. The van der Waals surface area contributed by atoms with Crippen LogP contribution in [-0.2, 0) is 23.8 Å². The van der Waals surface area contributed by atoms with E-state index in [0.717, 1.165) is 31.2 Å². The molecule has 6 rings (SSSR count). The average molecular weight is 487 g/mol. The van der Waals surface area contributed by atoms with E-state index in [-0.39, 0.29) is 34.6 Å². The van der Waals surface area contributed by atoms with Gasteiger partial charge >= 0.3 is 11.9 Å². The highest BCUT2D eigenvalue weighted by Crippen LogP contribution is 2.80. The molecule has 0 bridgehead atoms. The summed E-state index contributed by atoms with van der Waals surface area (Å²) in [5.41, 5.74) is -1.42. The third-order valence-corrected chi connectivity index (χ3v) is 11.5. The summed E-state index contributed by atoms with van der Waals surface area (Å²) in [5.74, 6) is -0.319. The summed E-state index contributed by atoms with van der Waals surface area (Å²) in [6.45, 7) is 12.5. The van der Waals surface area contributed by atoms with E-state index in [2.05, 4.69) is 34.6 Å². The fourth-order valence-electron chi connectivity index (χ4n) is 9.88. The third kappa shape index (κ3) is 2.59. The van der Waals surface area contributed by atoms with Crippen molar-refractivity contribution in [1.29, 1.82) is 0 Å². The summed E-state index contributed by atoms with van der Waals surface area (Å²) in [6.07, 6.45) is 5.33. The number of cyclic esters (lactones) is 1. The number of furan rings is 1. The Labute approximate surface area is 206 Å². The van der Waals surface area contributed by atoms with E-state index < -0.39 is 40.8 Å². The first kappa shape index (κ1) is 23.5. The number of hydrogen-bond acceptors (Lipinski definition) is 7. The van der Waals surface area contributed by atoms with E-state index in [1.54, 1.807) is 12.5 Å². The summed E-state index contributed by atoms with van der Waals surface area (Å²) in [5, 5.41) is 11.0. The van der Waals surface area contributed by atoms with Gasteiger partial charge in [-0.15, -0.1) is 0 Å². The number of aliphatic hydroxyl groups is 1. The zero-order valence-electron chi connectivity index (χ0n) is 21.6. The molecule has 1 spiro atoms. The first-order chi connectivity index (χ1) is 16.3. The zero-order valence-corrected chi connectivity index (χ0v) is 21.6. The molecule has 1 aromatic heterocycles. The van der Waals surface area contributed by atoms with Crippen molar-refractivity contribution in [3.05, 3.63) is 24.2 Å². The van der Waals surface area contributed by atoms with Crippen LogP contribution < -0.4 is 0 Å². The molecule has 7 heteroatoms. The van der Waals surface area contributed by atoms with Crippen molar-refractivity contribution in [3.63, 3.8) is 0 Å². The van der Waals surface area contributed by atoms with Crippen LogP contribution >= 0.6 is 0 Å². The minimum absolute atomic E-state index is 0.0762. The second-order valence-electron chi connectivity index (χ2n) is 13.2. The van der Waals surface area contributed by atoms with Crippen molar-refractivity contribution in [3.8, 4) is 0 Å². The van der Waals surface area contributed by atoms with Gasteiger partial charge in [-0.05, 0) is 60.8 Å². The van der Waals surface area contributed by atoms with Crippen LogP contribution in [0.4, 0.5) is 0 Å². The highest BCUT2D eigenvalue weighted by atomic mass is 16.7. The molecule has 3 heterocycles. The lowest BCUT2D eigenvalue weighted by molar-refractivity contribution is -0.275. The second-order valence-corrected chi connectivity index (χ2v) is 13.2. The molecule has 1 aromatic rings. The van der Waals surface area contributed by atoms with Gasteiger partial charge in [0.2, 0.25) is 0 Å². The predicted octanol–water partition coefficient (Wildman–Crippen LogP) is 4.58. The molecule has 0 amide bonds. The normalized spacial score (nSPS) is 51.7. The van der Waals surface area contributed by atoms with Crippen LogP contribution in [0.3, 0.4) is 0 Å². The predicted molar refractivity (Wildman–Crippen MR) is 125 cm³/mol. The van der Waals surface area contributed by atoms with Gasteiger partial charge in [-0.25, -0.2) is 4.79 Å². The average Bonchev–Trinajstić information content (AvgIpc) is 3.35. The standard InChI is InChI=1S/C28H38O7/c1-15(29)33-20-13-18-24(2,3)19(30)8-10-25(18,4)17-7-11-26(5)21(16-9-12-32-14-16)34-23(31)22-28(26,35-22)27(17,20)6/h9,12,14,17-22,30H,7-8,10-11,13H2,1-6H3/t17-,18+,19+,20?,21+,22-,25-,26+,27+,28-/m1/s1. The SMILES string of the molecule is CC(=O)OC1C[C@H]2C(C)(C)[C@@H](O)CC[C@]2(C)[C@H]2CC[C@@]3(C)[C@H](c4ccoc4)OC(=O)[C@H]4O[C@]43[C@]12C. The first-order valence-electron chi connectivity index (χ1n) is 13.1. The highest BCUT2D eigenvalue weighted by Gasteiger charge is 2.88. The molecule has 0 radical (unpaired) electrons. The number of epoxide rings is 1. The molecule has 0 aromatic carbocycles. The van der Waals surface area contributed by atoms with E-state index in [4.69, 9.17) is 18.6 Å². The lowest BCUT2D eigenvalue weighted by atomic mass is 9.34. The van der Waals surface area contributed by atoms with Gasteiger partial charge in [0.05, 0.1) is 18.6 Å². The van der Waals surface area contributed by atoms with Crippen LogP contribution in [0.25, 0.3) is 0 Å². The molecule has 2 aliphatic heterocycles. The number of ether oxygens (including phenoxy) is 3. The number of carbonyl (C=O) groups excluding carboxylic acids is 2. The van der Waals surface area contributed by atoms with Gasteiger partial charge in [-0.1, -0.05) is 34.6 Å². The molecule has 1 N–H and O–H groups in total. The van der Waals surface area contributed by atoms with E-state index in [1.165, 1.54) is 6.92 Å². The van der Waals surface area contributed by atoms with E-state index >= 15 is 0 Å². The topological polar surface area (TPSA) is 98.5 Å². The Kier molecular flexibility index (Phi) is 4.65. The van der Waals surface area contributed by atoms with E-state index in [9.17, 15) is 14.7 Å². The van der Waals surface area contributed by atoms with Crippen molar-refractivity contribution in [2.75, 3.05) is 0 Å².